The number of fused-ring (bicyclic) bond motifs is 1. The van der Waals surface area contributed by atoms with Crippen molar-refractivity contribution in [3.8, 4) is 0 Å². The van der Waals surface area contributed by atoms with Crippen LogP contribution in [0.2, 0.25) is 0 Å². The van der Waals surface area contributed by atoms with Gasteiger partial charge in [-0.3, -0.25) is 9.59 Å². The molecule has 1 N–H and O–H groups in total. The Hall–Kier alpha value is -2.12. The van der Waals surface area contributed by atoms with Crippen molar-refractivity contribution in [3.63, 3.8) is 0 Å². The van der Waals surface area contributed by atoms with E-state index in [1.807, 2.05) is 56.0 Å². The first kappa shape index (κ1) is 21.6. The highest BCUT2D eigenvalue weighted by molar-refractivity contribution is 7.99. The molecule has 3 rings (SSSR count). The number of anilines is 1. The summed E-state index contributed by atoms with van der Waals surface area (Å²) < 4.78 is 0. The lowest BCUT2D eigenvalue weighted by molar-refractivity contribution is -0.117. The Morgan fingerprint density at radius 2 is 2.00 bits per heavy atom. The molecule has 0 bridgehead atoms. The number of rotatable bonds is 8. The molecule has 0 saturated heterocycles. The summed E-state index contributed by atoms with van der Waals surface area (Å²) in [7, 11) is 0. The molecule has 0 aliphatic carbocycles. The summed E-state index contributed by atoms with van der Waals surface area (Å²) in [5, 5.41) is 0.445. The number of para-hydroxylation sites is 1. The fourth-order valence-electron chi connectivity index (χ4n) is 3.15. The van der Waals surface area contributed by atoms with Gasteiger partial charge in [-0.15, -0.1) is 23.1 Å². The SMILES string of the molecule is CCCCN(C(=O)C(C)SCc1nc2sc(C)c(C)c2c(=O)[nH]1)c1ccccc1. The van der Waals surface area contributed by atoms with Crippen LogP contribution in [0.3, 0.4) is 0 Å². The number of nitrogens with zero attached hydrogens (tertiary/aromatic N) is 2. The average Bonchev–Trinajstić information content (AvgIpc) is 3.01. The van der Waals surface area contributed by atoms with E-state index >= 15 is 0 Å². The van der Waals surface area contributed by atoms with E-state index in [9.17, 15) is 9.59 Å². The van der Waals surface area contributed by atoms with Crippen molar-refractivity contribution in [2.24, 2.45) is 0 Å². The molecular formula is C22H27N3O2S2. The molecule has 1 aromatic carbocycles. The minimum atomic E-state index is -0.236. The Morgan fingerprint density at radius 3 is 2.69 bits per heavy atom. The predicted octanol–water partition coefficient (Wildman–Crippen LogP) is 5.06. The molecule has 29 heavy (non-hydrogen) atoms. The van der Waals surface area contributed by atoms with Crippen molar-refractivity contribution in [1.82, 2.24) is 9.97 Å². The van der Waals surface area contributed by atoms with Crippen LogP contribution in [0.4, 0.5) is 5.69 Å². The highest BCUT2D eigenvalue weighted by Gasteiger charge is 2.22. The molecule has 0 aliphatic rings. The number of aromatic nitrogens is 2. The Labute approximate surface area is 179 Å². The lowest BCUT2D eigenvalue weighted by Crippen LogP contribution is -2.37. The van der Waals surface area contributed by atoms with Gasteiger partial charge in [-0.1, -0.05) is 31.5 Å². The lowest BCUT2D eigenvalue weighted by atomic mass is 10.2. The van der Waals surface area contributed by atoms with Crippen LogP contribution >= 0.6 is 23.1 Å². The quantitative estimate of drug-likeness (QED) is 0.544. The van der Waals surface area contributed by atoms with Gasteiger partial charge in [0.1, 0.15) is 10.7 Å². The van der Waals surface area contributed by atoms with Crippen LogP contribution in [0.1, 0.15) is 43.0 Å². The number of thiophene rings is 1. The van der Waals surface area contributed by atoms with E-state index in [-0.39, 0.29) is 16.7 Å². The Bertz CT molecular complexity index is 1040. The van der Waals surface area contributed by atoms with E-state index in [1.165, 1.54) is 11.8 Å². The molecule has 2 heterocycles. The van der Waals surface area contributed by atoms with E-state index in [4.69, 9.17) is 0 Å². The zero-order valence-corrected chi connectivity index (χ0v) is 19.0. The van der Waals surface area contributed by atoms with Crippen molar-refractivity contribution < 1.29 is 4.79 Å². The number of nitrogens with one attached hydrogen (secondary N) is 1. The van der Waals surface area contributed by atoms with Crippen LogP contribution in [-0.2, 0) is 10.5 Å². The maximum absolute atomic E-state index is 13.1. The third kappa shape index (κ3) is 4.90. The maximum Gasteiger partial charge on any atom is 0.259 e. The first-order valence-corrected chi connectivity index (χ1v) is 11.8. The molecule has 2 aromatic heterocycles. The fourth-order valence-corrected chi connectivity index (χ4v) is 5.02. The molecule has 1 atom stereocenters. The number of aromatic amines is 1. The van der Waals surface area contributed by atoms with Gasteiger partial charge in [0.05, 0.1) is 16.4 Å². The van der Waals surface area contributed by atoms with Crippen LogP contribution in [0, 0.1) is 13.8 Å². The number of aryl methyl sites for hydroxylation is 2. The monoisotopic (exact) mass is 429 g/mol. The van der Waals surface area contributed by atoms with Crippen LogP contribution in [-0.4, -0.2) is 27.7 Å². The van der Waals surface area contributed by atoms with Crippen LogP contribution in [0.5, 0.6) is 0 Å². The van der Waals surface area contributed by atoms with Gasteiger partial charge in [0.25, 0.3) is 5.56 Å². The number of H-pyrrole nitrogens is 1. The van der Waals surface area contributed by atoms with Crippen LogP contribution < -0.4 is 10.5 Å². The lowest BCUT2D eigenvalue weighted by Gasteiger charge is -2.25. The molecule has 1 unspecified atom stereocenters. The predicted molar refractivity (Wildman–Crippen MR) is 124 cm³/mol. The van der Waals surface area contributed by atoms with E-state index in [2.05, 4.69) is 16.9 Å². The number of amides is 1. The van der Waals surface area contributed by atoms with Gasteiger partial charge in [-0.25, -0.2) is 4.98 Å². The fraction of sp³-hybridized carbons (Fsp3) is 0.409. The summed E-state index contributed by atoms with van der Waals surface area (Å²) in [4.78, 5) is 36.8. The number of thioether (sulfide) groups is 1. The second-order valence-corrected chi connectivity index (χ2v) is 9.64. The number of carbonyl (C=O) groups is 1. The molecule has 0 spiro atoms. The van der Waals surface area contributed by atoms with Gasteiger partial charge in [-0.05, 0) is 44.9 Å². The van der Waals surface area contributed by atoms with Crippen LogP contribution in [0.25, 0.3) is 10.2 Å². The number of carbonyl (C=O) groups excluding carboxylic acids is 1. The van der Waals surface area contributed by atoms with Crippen LogP contribution in [0.15, 0.2) is 35.1 Å². The standard InChI is InChI=1S/C22H27N3O2S2/c1-5-6-12-25(17-10-8-7-9-11-17)22(27)16(4)28-13-18-23-20(26)19-14(2)15(3)29-21(19)24-18/h7-11,16H,5-6,12-13H2,1-4H3,(H,23,24,26). The third-order valence-electron chi connectivity index (χ3n) is 4.98. The van der Waals surface area contributed by atoms with E-state index in [1.54, 1.807) is 11.3 Å². The zero-order valence-electron chi connectivity index (χ0n) is 17.3. The molecule has 1 amide bonds. The van der Waals surface area contributed by atoms with Gasteiger partial charge >= 0.3 is 0 Å². The topological polar surface area (TPSA) is 66.1 Å². The Morgan fingerprint density at radius 1 is 1.28 bits per heavy atom. The molecule has 0 radical (unpaired) electrons. The molecule has 0 aliphatic heterocycles. The summed E-state index contributed by atoms with van der Waals surface area (Å²) in [6, 6.07) is 9.80. The molecule has 0 saturated carbocycles. The molecular weight excluding hydrogens is 402 g/mol. The summed E-state index contributed by atoms with van der Waals surface area (Å²) >= 11 is 3.05. The smallest absolute Gasteiger partial charge is 0.259 e. The number of benzene rings is 1. The molecule has 3 aromatic rings. The average molecular weight is 430 g/mol. The second-order valence-electron chi connectivity index (χ2n) is 7.11. The minimum absolute atomic E-state index is 0.0842. The summed E-state index contributed by atoms with van der Waals surface area (Å²) in [6.07, 6.45) is 1.99. The summed E-state index contributed by atoms with van der Waals surface area (Å²) in [6.45, 7) is 8.71. The normalized spacial score (nSPS) is 12.3. The largest absolute Gasteiger partial charge is 0.311 e. The first-order valence-electron chi connectivity index (χ1n) is 9.89. The van der Waals surface area contributed by atoms with E-state index < -0.39 is 0 Å². The highest BCUT2D eigenvalue weighted by atomic mass is 32.2. The number of unbranched alkanes of at least 4 members (excludes halogenated alkanes) is 1. The van der Waals surface area contributed by atoms with Crippen molar-refractivity contribution in [3.05, 3.63) is 57.0 Å². The maximum atomic E-state index is 13.1. The first-order chi connectivity index (χ1) is 13.9. The van der Waals surface area contributed by atoms with E-state index in [0.29, 0.717) is 23.5 Å². The van der Waals surface area contributed by atoms with Crippen molar-refractivity contribution in [2.75, 3.05) is 11.4 Å². The van der Waals surface area contributed by atoms with Gasteiger partial charge in [-0.2, -0.15) is 0 Å². The molecule has 5 nitrogen and oxygen atoms in total. The zero-order chi connectivity index (χ0) is 21.0. The summed E-state index contributed by atoms with van der Waals surface area (Å²) in [5.74, 6) is 1.19. The Balaban J connectivity index is 1.73. The van der Waals surface area contributed by atoms with Gasteiger partial charge in [0, 0.05) is 17.1 Å². The number of hydrogen-bond acceptors (Lipinski definition) is 5. The van der Waals surface area contributed by atoms with Crippen molar-refractivity contribution >= 4 is 44.9 Å². The second kappa shape index (κ2) is 9.59. The van der Waals surface area contributed by atoms with E-state index in [0.717, 1.165) is 33.8 Å². The van der Waals surface area contributed by atoms with Gasteiger partial charge in [0.2, 0.25) is 5.91 Å². The van der Waals surface area contributed by atoms with Crippen molar-refractivity contribution in [1.29, 1.82) is 0 Å². The third-order valence-corrected chi connectivity index (χ3v) is 7.22. The minimum Gasteiger partial charge on any atom is -0.311 e. The van der Waals surface area contributed by atoms with Gasteiger partial charge < -0.3 is 9.88 Å². The molecule has 154 valence electrons. The van der Waals surface area contributed by atoms with Gasteiger partial charge in [0.15, 0.2) is 0 Å². The molecule has 7 heteroatoms. The molecule has 0 fully saturated rings. The number of hydrogen-bond donors (Lipinski definition) is 1. The highest BCUT2D eigenvalue weighted by Crippen LogP contribution is 2.27. The van der Waals surface area contributed by atoms with Crippen molar-refractivity contribution in [2.45, 2.75) is 51.5 Å². The Kier molecular flexibility index (Phi) is 7.14. The summed E-state index contributed by atoms with van der Waals surface area (Å²) in [5.41, 5.74) is 1.83.